The van der Waals surface area contributed by atoms with Crippen LogP contribution in [0.1, 0.15) is 40.4 Å². The van der Waals surface area contributed by atoms with E-state index in [2.05, 4.69) is 10.3 Å². The number of ether oxygens (including phenoxy) is 1. The van der Waals surface area contributed by atoms with Crippen LogP contribution in [0.4, 0.5) is 15.8 Å². The molecule has 1 saturated heterocycles. The van der Waals surface area contributed by atoms with Gasteiger partial charge in [-0.25, -0.2) is 9.37 Å². The first-order valence-electron chi connectivity index (χ1n) is 12.2. The summed E-state index contributed by atoms with van der Waals surface area (Å²) in [5.41, 5.74) is 3.56. The topological polar surface area (TPSA) is 74.8 Å². The second kappa shape index (κ2) is 11.7. The molecule has 1 N–H and O–H groups in total. The number of halogens is 1. The maximum atomic E-state index is 14.0. The number of carbonyl (C=O) groups excluding carboxylic acids is 2. The van der Waals surface area contributed by atoms with Gasteiger partial charge in [0.15, 0.2) is 0 Å². The normalized spacial score (nSPS) is 14.0. The van der Waals surface area contributed by atoms with Crippen molar-refractivity contribution in [3.05, 3.63) is 89.5 Å². The summed E-state index contributed by atoms with van der Waals surface area (Å²) >= 11 is 0. The fraction of sp³-hybridized carbons (Fsp3) is 0.276. The van der Waals surface area contributed by atoms with Gasteiger partial charge in [0, 0.05) is 50.6 Å². The number of anilines is 2. The molecule has 0 spiro atoms. The van der Waals surface area contributed by atoms with Crippen molar-refractivity contribution in [1.29, 1.82) is 0 Å². The lowest BCUT2D eigenvalue weighted by Gasteiger charge is -2.32. The van der Waals surface area contributed by atoms with Crippen molar-refractivity contribution in [3.63, 3.8) is 0 Å². The molecule has 1 aliphatic rings. The maximum absolute atomic E-state index is 14.0. The number of pyridine rings is 1. The van der Waals surface area contributed by atoms with Crippen molar-refractivity contribution >= 4 is 29.3 Å². The van der Waals surface area contributed by atoms with E-state index in [4.69, 9.17) is 4.74 Å². The third-order valence-corrected chi connectivity index (χ3v) is 6.54. The summed E-state index contributed by atoms with van der Waals surface area (Å²) in [6, 6.07) is 15.9. The number of hydrogen-bond acceptors (Lipinski definition) is 5. The number of nitrogens with zero attached hydrogens (tertiary/aromatic N) is 3. The highest BCUT2D eigenvalue weighted by molar-refractivity contribution is 6.02. The molecule has 0 atom stereocenters. The Labute approximate surface area is 216 Å². The fourth-order valence-corrected chi connectivity index (χ4v) is 4.31. The van der Waals surface area contributed by atoms with E-state index in [1.807, 2.05) is 54.2 Å². The Morgan fingerprint density at radius 3 is 2.41 bits per heavy atom. The van der Waals surface area contributed by atoms with Gasteiger partial charge in [0.25, 0.3) is 5.91 Å². The highest BCUT2D eigenvalue weighted by Crippen LogP contribution is 2.29. The van der Waals surface area contributed by atoms with Crippen LogP contribution in [0, 0.1) is 5.82 Å². The molecule has 4 rings (SSSR count). The first-order chi connectivity index (χ1) is 17.8. The number of methoxy groups -OCH3 is 1. The van der Waals surface area contributed by atoms with Gasteiger partial charge < -0.3 is 19.9 Å². The van der Waals surface area contributed by atoms with E-state index in [9.17, 15) is 14.0 Å². The van der Waals surface area contributed by atoms with Crippen LogP contribution in [-0.2, 0) is 4.79 Å². The van der Waals surface area contributed by atoms with Gasteiger partial charge in [0.05, 0.1) is 19.0 Å². The van der Waals surface area contributed by atoms with Crippen molar-refractivity contribution < 1.29 is 18.7 Å². The molecular formula is C29H31FN4O3. The fourth-order valence-electron chi connectivity index (χ4n) is 4.31. The van der Waals surface area contributed by atoms with Gasteiger partial charge in [0.2, 0.25) is 5.91 Å². The summed E-state index contributed by atoms with van der Waals surface area (Å²) in [6.07, 6.45) is 6.17. The van der Waals surface area contributed by atoms with Crippen LogP contribution in [0.25, 0.3) is 6.08 Å². The zero-order valence-corrected chi connectivity index (χ0v) is 21.3. The quantitative estimate of drug-likeness (QED) is 0.462. The zero-order valence-electron chi connectivity index (χ0n) is 21.3. The molecule has 8 heteroatoms. The smallest absolute Gasteiger partial charge is 0.272 e. The summed E-state index contributed by atoms with van der Waals surface area (Å²) in [7, 11) is 5.34. The van der Waals surface area contributed by atoms with E-state index in [1.165, 1.54) is 30.9 Å². The van der Waals surface area contributed by atoms with Crippen molar-refractivity contribution in [1.82, 2.24) is 9.88 Å². The molecule has 0 saturated carbocycles. The molecule has 0 bridgehead atoms. The van der Waals surface area contributed by atoms with Crippen LogP contribution < -0.4 is 15.0 Å². The number of nitrogens with one attached hydrogen (secondary N) is 1. The first-order valence-corrected chi connectivity index (χ1v) is 12.2. The average molecular weight is 503 g/mol. The molecule has 0 unspecified atom stereocenters. The van der Waals surface area contributed by atoms with Gasteiger partial charge in [-0.05, 0) is 66.8 Å². The summed E-state index contributed by atoms with van der Waals surface area (Å²) in [5.74, 6) is -0.0791. The lowest BCUT2D eigenvalue weighted by molar-refractivity contribution is -0.111. The van der Waals surface area contributed by atoms with Crippen molar-refractivity contribution in [3.8, 4) is 5.75 Å². The van der Waals surface area contributed by atoms with E-state index < -0.39 is 5.82 Å². The number of aromatic nitrogens is 1. The maximum Gasteiger partial charge on any atom is 0.272 e. The van der Waals surface area contributed by atoms with Crippen LogP contribution >= 0.6 is 0 Å². The van der Waals surface area contributed by atoms with Gasteiger partial charge >= 0.3 is 0 Å². The molecule has 3 aromatic rings. The molecule has 7 nitrogen and oxygen atoms in total. The van der Waals surface area contributed by atoms with Crippen LogP contribution in [0.5, 0.6) is 5.75 Å². The molecular weight excluding hydrogens is 471 g/mol. The van der Waals surface area contributed by atoms with Crippen molar-refractivity contribution in [2.75, 3.05) is 44.5 Å². The molecule has 1 aliphatic heterocycles. The highest BCUT2D eigenvalue weighted by Gasteiger charge is 2.25. The van der Waals surface area contributed by atoms with E-state index in [-0.39, 0.29) is 11.8 Å². The number of benzene rings is 2. The number of amides is 2. The Bertz CT molecular complexity index is 1270. The van der Waals surface area contributed by atoms with Crippen LogP contribution in [0.2, 0.25) is 0 Å². The van der Waals surface area contributed by atoms with Gasteiger partial charge in [-0.15, -0.1) is 0 Å². The van der Waals surface area contributed by atoms with E-state index in [1.54, 1.807) is 24.4 Å². The Hall–Kier alpha value is -4.20. The molecule has 2 aromatic carbocycles. The molecule has 192 valence electrons. The Morgan fingerprint density at radius 2 is 1.81 bits per heavy atom. The summed E-state index contributed by atoms with van der Waals surface area (Å²) in [5, 5.41) is 2.80. The molecule has 1 aromatic heterocycles. The lowest BCUT2D eigenvalue weighted by atomic mass is 9.89. The minimum Gasteiger partial charge on any atom is -0.497 e. The van der Waals surface area contributed by atoms with Crippen LogP contribution in [0.3, 0.4) is 0 Å². The van der Waals surface area contributed by atoms with Crippen molar-refractivity contribution in [2.24, 2.45) is 0 Å². The largest absolute Gasteiger partial charge is 0.497 e. The Balaban J connectivity index is 1.28. The van der Waals surface area contributed by atoms with Gasteiger partial charge in [-0.2, -0.15) is 0 Å². The second-order valence-corrected chi connectivity index (χ2v) is 9.19. The number of hydrogen-bond donors (Lipinski definition) is 1. The minimum absolute atomic E-state index is 0.0376. The van der Waals surface area contributed by atoms with E-state index in [0.717, 1.165) is 18.5 Å². The molecule has 37 heavy (non-hydrogen) atoms. The summed E-state index contributed by atoms with van der Waals surface area (Å²) in [4.78, 5) is 33.3. The molecule has 1 fully saturated rings. The van der Waals surface area contributed by atoms with E-state index in [0.29, 0.717) is 41.7 Å². The third-order valence-electron chi connectivity index (χ3n) is 6.54. The first kappa shape index (κ1) is 25.9. The van der Waals surface area contributed by atoms with Crippen LogP contribution in [0.15, 0.2) is 66.9 Å². The monoisotopic (exact) mass is 502 g/mol. The Morgan fingerprint density at radius 1 is 1.08 bits per heavy atom. The number of rotatable bonds is 7. The summed E-state index contributed by atoms with van der Waals surface area (Å²) < 4.78 is 19.0. The average Bonchev–Trinajstić information content (AvgIpc) is 2.92. The minimum atomic E-state index is -0.459. The molecule has 2 amide bonds. The van der Waals surface area contributed by atoms with Gasteiger partial charge in [0.1, 0.15) is 17.3 Å². The zero-order chi connectivity index (χ0) is 26.4. The van der Waals surface area contributed by atoms with Gasteiger partial charge in [-0.1, -0.05) is 12.1 Å². The highest BCUT2D eigenvalue weighted by atomic mass is 19.1. The molecule has 0 radical (unpaired) electrons. The predicted molar refractivity (Wildman–Crippen MR) is 144 cm³/mol. The second-order valence-electron chi connectivity index (χ2n) is 9.19. The third kappa shape index (κ3) is 6.52. The van der Waals surface area contributed by atoms with Crippen molar-refractivity contribution in [2.45, 2.75) is 18.8 Å². The lowest BCUT2D eigenvalue weighted by Crippen LogP contribution is -2.38. The standard InChI is InChI=1S/C29H31FN4O3/c1-33(2)24-10-12-27(31-19-24)29(36)34-16-14-21(15-17-34)20-4-8-23(9-5-20)32-28(35)13-7-22-6-11-25(37-3)18-26(22)30/h4-13,18-19,21H,14-17H2,1-3H3,(H,32,35)/b13-7+. The SMILES string of the molecule is COc1ccc(/C=C/C(=O)Nc2ccc(C3CCN(C(=O)c4ccc(N(C)C)cn4)CC3)cc2)c(F)c1. The van der Waals surface area contributed by atoms with E-state index >= 15 is 0 Å². The molecule has 0 aliphatic carbocycles. The van der Waals surface area contributed by atoms with Crippen LogP contribution in [-0.4, -0.2) is 56.0 Å². The Kier molecular flexibility index (Phi) is 8.18. The number of likely N-dealkylation sites (tertiary alicyclic amines) is 1. The molecule has 2 heterocycles. The number of carbonyl (C=O) groups is 2. The predicted octanol–water partition coefficient (Wildman–Crippen LogP) is 4.97. The number of piperidine rings is 1. The summed E-state index contributed by atoms with van der Waals surface area (Å²) in [6.45, 7) is 1.34. The van der Waals surface area contributed by atoms with Gasteiger partial charge in [-0.3, -0.25) is 9.59 Å².